The molecule has 1 saturated heterocycles. The van der Waals surface area contributed by atoms with E-state index < -0.39 is 0 Å². The van der Waals surface area contributed by atoms with E-state index in [-0.39, 0.29) is 24.2 Å². The molecule has 19 heavy (non-hydrogen) atoms. The van der Waals surface area contributed by atoms with E-state index in [1.54, 1.807) is 0 Å². The molecular formula is C13H21ClN4O. The summed E-state index contributed by atoms with van der Waals surface area (Å²) < 4.78 is 0. The molecule has 2 N–H and O–H groups in total. The Morgan fingerprint density at radius 1 is 1.37 bits per heavy atom. The highest BCUT2D eigenvalue weighted by molar-refractivity contribution is 5.91. The fraction of sp³-hybridized carbons (Fsp3) is 0.538. The molecule has 5 nitrogen and oxygen atoms in total. The molecular weight excluding hydrogens is 264 g/mol. The fourth-order valence-corrected chi connectivity index (χ4v) is 1.84. The second-order valence-electron chi connectivity index (χ2n) is 4.78. The zero-order chi connectivity index (χ0) is 13.0. The van der Waals surface area contributed by atoms with Crippen LogP contribution < -0.4 is 15.5 Å². The number of anilines is 2. The van der Waals surface area contributed by atoms with Crippen LogP contribution in [0.3, 0.4) is 0 Å². The lowest BCUT2D eigenvalue weighted by atomic mass is 10.2. The van der Waals surface area contributed by atoms with Crippen molar-refractivity contribution < 1.29 is 4.79 Å². The van der Waals surface area contributed by atoms with Crippen molar-refractivity contribution in [3.63, 3.8) is 0 Å². The van der Waals surface area contributed by atoms with Gasteiger partial charge in [0, 0.05) is 32.1 Å². The average molecular weight is 285 g/mol. The SMILES string of the molecule is CC(C)C(=O)Nc1ccc(N2CCNCC2)cn1.Cl. The second-order valence-corrected chi connectivity index (χ2v) is 4.78. The predicted molar refractivity (Wildman–Crippen MR) is 80.0 cm³/mol. The quantitative estimate of drug-likeness (QED) is 0.883. The Kier molecular flexibility index (Phi) is 6.05. The minimum absolute atomic E-state index is 0. The highest BCUT2D eigenvalue weighted by Crippen LogP contribution is 2.15. The molecule has 0 spiro atoms. The number of hydrogen-bond acceptors (Lipinski definition) is 4. The molecule has 0 aromatic carbocycles. The number of nitrogens with zero attached hydrogens (tertiary/aromatic N) is 2. The van der Waals surface area contributed by atoms with E-state index >= 15 is 0 Å². The van der Waals surface area contributed by atoms with Gasteiger partial charge in [0.2, 0.25) is 5.91 Å². The molecule has 2 heterocycles. The number of pyridine rings is 1. The largest absolute Gasteiger partial charge is 0.368 e. The lowest BCUT2D eigenvalue weighted by Gasteiger charge is -2.29. The van der Waals surface area contributed by atoms with Crippen molar-refractivity contribution in [3.05, 3.63) is 18.3 Å². The molecule has 0 bridgehead atoms. The maximum Gasteiger partial charge on any atom is 0.228 e. The van der Waals surface area contributed by atoms with Crippen LogP contribution in [0.4, 0.5) is 11.5 Å². The summed E-state index contributed by atoms with van der Waals surface area (Å²) in [5, 5.41) is 6.11. The minimum Gasteiger partial charge on any atom is -0.368 e. The molecule has 1 aliphatic rings. The van der Waals surface area contributed by atoms with Crippen LogP contribution >= 0.6 is 12.4 Å². The van der Waals surface area contributed by atoms with Crippen molar-refractivity contribution in [1.29, 1.82) is 0 Å². The van der Waals surface area contributed by atoms with E-state index in [4.69, 9.17) is 0 Å². The number of halogens is 1. The van der Waals surface area contributed by atoms with Gasteiger partial charge in [-0.05, 0) is 12.1 Å². The van der Waals surface area contributed by atoms with Crippen LogP contribution in [-0.2, 0) is 4.79 Å². The number of piperazine rings is 1. The van der Waals surface area contributed by atoms with Gasteiger partial charge >= 0.3 is 0 Å². The third kappa shape index (κ3) is 4.36. The average Bonchev–Trinajstić information content (AvgIpc) is 2.40. The summed E-state index contributed by atoms with van der Waals surface area (Å²) in [7, 11) is 0. The van der Waals surface area contributed by atoms with Crippen LogP contribution in [0.15, 0.2) is 18.3 Å². The summed E-state index contributed by atoms with van der Waals surface area (Å²) in [5.74, 6) is 0.588. The first kappa shape index (κ1) is 15.7. The van der Waals surface area contributed by atoms with Gasteiger partial charge in [-0.2, -0.15) is 0 Å². The van der Waals surface area contributed by atoms with Crippen LogP contribution in [-0.4, -0.2) is 37.1 Å². The Labute approximate surface area is 120 Å². The summed E-state index contributed by atoms with van der Waals surface area (Å²) in [6, 6.07) is 3.87. The van der Waals surface area contributed by atoms with Gasteiger partial charge in [-0.3, -0.25) is 4.79 Å². The maximum atomic E-state index is 11.5. The summed E-state index contributed by atoms with van der Waals surface area (Å²) >= 11 is 0. The number of carbonyl (C=O) groups excluding carboxylic acids is 1. The molecule has 2 rings (SSSR count). The monoisotopic (exact) mass is 284 g/mol. The molecule has 0 saturated carbocycles. The van der Waals surface area contributed by atoms with Gasteiger partial charge in [0.25, 0.3) is 0 Å². The molecule has 1 amide bonds. The van der Waals surface area contributed by atoms with Gasteiger partial charge in [0.1, 0.15) is 5.82 Å². The first-order valence-electron chi connectivity index (χ1n) is 6.39. The summed E-state index contributed by atoms with van der Waals surface area (Å²) in [4.78, 5) is 18.1. The fourth-order valence-electron chi connectivity index (χ4n) is 1.84. The zero-order valence-electron chi connectivity index (χ0n) is 11.3. The molecule has 0 aliphatic carbocycles. The van der Waals surface area contributed by atoms with E-state index in [1.165, 1.54) is 0 Å². The second kappa shape index (κ2) is 7.31. The molecule has 0 unspecified atom stereocenters. The summed E-state index contributed by atoms with van der Waals surface area (Å²) in [5.41, 5.74) is 1.11. The Morgan fingerprint density at radius 3 is 2.58 bits per heavy atom. The molecule has 1 aromatic rings. The normalized spacial score (nSPS) is 15.0. The number of rotatable bonds is 3. The Morgan fingerprint density at radius 2 is 2.05 bits per heavy atom. The van der Waals surface area contributed by atoms with Gasteiger partial charge in [-0.15, -0.1) is 12.4 Å². The van der Waals surface area contributed by atoms with Crippen LogP contribution in [0.1, 0.15) is 13.8 Å². The van der Waals surface area contributed by atoms with E-state index in [0.717, 1.165) is 31.9 Å². The molecule has 106 valence electrons. The standard InChI is InChI=1S/C13H20N4O.ClH/c1-10(2)13(18)16-12-4-3-11(9-15-12)17-7-5-14-6-8-17;/h3-4,9-10,14H,5-8H2,1-2H3,(H,15,16,18);1H. The van der Waals surface area contributed by atoms with E-state index in [0.29, 0.717) is 5.82 Å². The Hall–Kier alpha value is -1.33. The number of aromatic nitrogens is 1. The first-order valence-corrected chi connectivity index (χ1v) is 6.39. The van der Waals surface area contributed by atoms with Gasteiger partial charge in [-0.1, -0.05) is 13.8 Å². The lowest BCUT2D eigenvalue weighted by molar-refractivity contribution is -0.118. The van der Waals surface area contributed by atoms with Crippen molar-refractivity contribution in [2.24, 2.45) is 5.92 Å². The first-order chi connectivity index (χ1) is 8.66. The maximum absolute atomic E-state index is 11.5. The minimum atomic E-state index is -0.0281. The topological polar surface area (TPSA) is 57.3 Å². The summed E-state index contributed by atoms with van der Waals surface area (Å²) in [6.07, 6.45) is 1.82. The van der Waals surface area contributed by atoms with E-state index in [2.05, 4.69) is 20.5 Å². The molecule has 1 aromatic heterocycles. The molecule has 1 fully saturated rings. The molecule has 0 radical (unpaired) electrons. The smallest absolute Gasteiger partial charge is 0.228 e. The van der Waals surface area contributed by atoms with Crippen molar-refractivity contribution >= 4 is 29.8 Å². The van der Waals surface area contributed by atoms with Crippen molar-refractivity contribution in [2.45, 2.75) is 13.8 Å². The zero-order valence-corrected chi connectivity index (χ0v) is 12.2. The number of nitrogens with one attached hydrogen (secondary N) is 2. The van der Waals surface area contributed by atoms with Crippen LogP contribution in [0.2, 0.25) is 0 Å². The van der Waals surface area contributed by atoms with Gasteiger partial charge < -0.3 is 15.5 Å². The third-order valence-corrected chi connectivity index (χ3v) is 3.01. The summed E-state index contributed by atoms with van der Waals surface area (Å²) in [6.45, 7) is 7.74. The van der Waals surface area contributed by atoms with Gasteiger partial charge in [0.15, 0.2) is 0 Å². The Balaban J connectivity index is 0.00000180. The van der Waals surface area contributed by atoms with Crippen molar-refractivity contribution in [1.82, 2.24) is 10.3 Å². The van der Waals surface area contributed by atoms with Crippen molar-refractivity contribution in [3.8, 4) is 0 Å². The molecule has 1 aliphatic heterocycles. The highest BCUT2D eigenvalue weighted by atomic mass is 35.5. The van der Waals surface area contributed by atoms with Gasteiger partial charge in [0.05, 0.1) is 11.9 Å². The Bertz CT molecular complexity index is 402. The number of amides is 1. The predicted octanol–water partition coefficient (Wildman–Crippen LogP) is 1.51. The van der Waals surface area contributed by atoms with Crippen LogP contribution in [0.25, 0.3) is 0 Å². The molecule has 0 atom stereocenters. The highest BCUT2D eigenvalue weighted by Gasteiger charge is 2.11. The number of hydrogen-bond donors (Lipinski definition) is 2. The van der Waals surface area contributed by atoms with Gasteiger partial charge in [-0.25, -0.2) is 4.98 Å². The van der Waals surface area contributed by atoms with Crippen LogP contribution in [0, 0.1) is 5.92 Å². The lowest BCUT2D eigenvalue weighted by Crippen LogP contribution is -2.43. The number of carbonyl (C=O) groups is 1. The van der Waals surface area contributed by atoms with Crippen LogP contribution in [0.5, 0.6) is 0 Å². The third-order valence-electron chi connectivity index (χ3n) is 3.01. The van der Waals surface area contributed by atoms with E-state index in [9.17, 15) is 4.79 Å². The van der Waals surface area contributed by atoms with E-state index in [1.807, 2.05) is 32.2 Å². The molecule has 6 heteroatoms. The van der Waals surface area contributed by atoms with Crippen molar-refractivity contribution in [2.75, 3.05) is 36.4 Å².